The van der Waals surface area contributed by atoms with Crippen LogP contribution in [-0.2, 0) is 4.79 Å². The average Bonchev–Trinajstić information content (AvgIpc) is 3.23. The second-order valence-electron chi connectivity index (χ2n) is 7.73. The number of rotatable bonds is 5. The Morgan fingerprint density at radius 2 is 1.97 bits per heavy atom. The molecule has 1 aromatic rings. The van der Waals surface area contributed by atoms with Gasteiger partial charge in [-0.2, -0.15) is 0 Å². The first-order chi connectivity index (χ1) is 14.0. The van der Waals surface area contributed by atoms with Crippen molar-refractivity contribution in [3.63, 3.8) is 0 Å². The third kappa shape index (κ3) is 3.92. The molecule has 3 heterocycles. The Morgan fingerprint density at radius 1 is 1.17 bits per heavy atom. The van der Waals surface area contributed by atoms with E-state index >= 15 is 0 Å². The number of likely N-dealkylation sites (N-methyl/N-ethyl adjacent to an activating group) is 1. The van der Waals surface area contributed by atoms with Gasteiger partial charge >= 0.3 is 0 Å². The molecule has 0 spiro atoms. The highest BCUT2D eigenvalue weighted by atomic mass is 31.1. The van der Waals surface area contributed by atoms with Crippen molar-refractivity contribution in [3.8, 4) is 11.5 Å². The summed E-state index contributed by atoms with van der Waals surface area (Å²) in [5, 5.41) is 1.05. The van der Waals surface area contributed by atoms with Crippen molar-refractivity contribution in [2.24, 2.45) is 0 Å². The maximum absolute atomic E-state index is 12.9. The lowest BCUT2D eigenvalue weighted by molar-refractivity contribution is -0.123. The number of allylic oxidation sites excluding steroid dienone is 1. The van der Waals surface area contributed by atoms with Crippen molar-refractivity contribution in [1.82, 2.24) is 14.7 Å². The van der Waals surface area contributed by atoms with Crippen LogP contribution in [0.4, 0.5) is 0 Å². The number of benzene rings is 1. The number of carbonyl (C=O) groups excluding carboxylic acids is 1. The predicted octanol–water partition coefficient (Wildman–Crippen LogP) is 2.94. The number of hydrogen-bond donors (Lipinski definition) is 0. The van der Waals surface area contributed by atoms with Gasteiger partial charge in [-0.05, 0) is 49.6 Å². The van der Waals surface area contributed by atoms with E-state index in [9.17, 15) is 4.79 Å². The largest absolute Gasteiger partial charge is 0.493 e. The van der Waals surface area contributed by atoms with E-state index < -0.39 is 0 Å². The van der Waals surface area contributed by atoms with Crippen molar-refractivity contribution in [1.29, 1.82) is 0 Å². The zero-order chi connectivity index (χ0) is 20.5. The molecule has 1 amide bonds. The first-order valence-corrected chi connectivity index (χ1v) is 10.9. The van der Waals surface area contributed by atoms with E-state index in [0.717, 1.165) is 36.1 Å². The van der Waals surface area contributed by atoms with Gasteiger partial charge in [0.15, 0.2) is 11.5 Å². The van der Waals surface area contributed by atoms with E-state index in [4.69, 9.17) is 9.47 Å². The Hall–Kier alpha value is -2.30. The number of hydrogen-bond acceptors (Lipinski definition) is 5. The van der Waals surface area contributed by atoms with Crippen LogP contribution in [0.2, 0.25) is 0 Å². The minimum atomic E-state index is 0.0312. The lowest BCUT2D eigenvalue weighted by atomic mass is 10.1. The smallest absolute Gasteiger partial charge is 0.252 e. The summed E-state index contributed by atoms with van der Waals surface area (Å²) < 4.78 is 10.7. The Morgan fingerprint density at radius 3 is 2.66 bits per heavy atom. The molecule has 3 atom stereocenters. The van der Waals surface area contributed by atoms with Gasteiger partial charge in [0.2, 0.25) is 0 Å². The van der Waals surface area contributed by atoms with Gasteiger partial charge in [-0.3, -0.25) is 4.79 Å². The molecule has 0 bridgehead atoms. The summed E-state index contributed by atoms with van der Waals surface area (Å²) in [6, 6.07) is 6.39. The van der Waals surface area contributed by atoms with Crippen molar-refractivity contribution in [3.05, 3.63) is 53.9 Å². The Labute approximate surface area is 174 Å². The molecule has 3 aliphatic rings. The Kier molecular flexibility index (Phi) is 5.66. The quantitative estimate of drug-likeness (QED) is 0.695. The fraction of sp³-hybridized carbons (Fsp3) is 0.409. The molecule has 2 unspecified atom stereocenters. The number of nitrogens with zero attached hydrogens (tertiary/aromatic N) is 3. The number of ether oxygens (including phenoxy) is 2. The summed E-state index contributed by atoms with van der Waals surface area (Å²) in [6.07, 6.45) is 9.29. The zero-order valence-corrected chi connectivity index (χ0v) is 18.4. The van der Waals surface area contributed by atoms with Gasteiger partial charge < -0.3 is 24.2 Å². The van der Waals surface area contributed by atoms with Crippen LogP contribution in [0, 0.1) is 0 Å². The first kappa shape index (κ1) is 20.0. The van der Waals surface area contributed by atoms with Crippen LogP contribution in [0.15, 0.2) is 48.3 Å². The SMILES string of the molecule is COc1ccc(C2=CC(=O)N3C=C(N4CC[C@H](N(C)C)C4)C=CC3P2)cc1OC. The topological polar surface area (TPSA) is 45.2 Å². The summed E-state index contributed by atoms with van der Waals surface area (Å²) in [5.41, 5.74) is 2.14. The van der Waals surface area contributed by atoms with E-state index in [0.29, 0.717) is 26.1 Å². The molecular formula is C22H28N3O3P. The van der Waals surface area contributed by atoms with Crippen LogP contribution in [0.5, 0.6) is 11.5 Å². The van der Waals surface area contributed by atoms with Crippen LogP contribution in [0.3, 0.4) is 0 Å². The Bertz CT molecular complexity index is 893. The van der Waals surface area contributed by atoms with Gasteiger partial charge in [-0.1, -0.05) is 20.7 Å². The number of fused-ring (bicyclic) bond motifs is 1. The molecule has 0 aromatic heterocycles. The molecule has 7 heteroatoms. The maximum atomic E-state index is 12.9. The van der Waals surface area contributed by atoms with Crippen LogP contribution < -0.4 is 9.47 Å². The molecule has 1 aromatic carbocycles. The predicted molar refractivity (Wildman–Crippen MR) is 117 cm³/mol. The van der Waals surface area contributed by atoms with Crippen molar-refractivity contribution < 1.29 is 14.3 Å². The maximum Gasteiger partial charge on any atom is 0.252 e. The summed E-state index contributed by atoms with van der Waals surface area (Å²) in [4.78, 5) is 19.4. The third-order valence-electron chi connectivity index (χ3n) is 5.80. The lowest BCUT2D eigenvalue weighted by Crippen LogP contribution is -2.38. The van der Waals surface area contributed by atoms with Gasteiger partial charge in [0.1, 0.15) is 0 Å². The molecule has 1 saturated heterocycles. The molecule has 154 valence electrons. The van der Waals surface area contributed by atoms with Gasteiger partial charge in [0, 0.05) is 31.4 Å². The summed E-state index contributed by atoms with van der Waals surface area (Å²) >= 11 is 0. The minimum Gasteiger partial charge on any atom is -0.493 e. The molecule has 0 radical (unpaired) electrons. The summed E-state index contributed by atoms with van der Waals surface area (Å²) in [7, 11) is 7.99. The third-order valence-corrected chi connectivity index (χ3v) is 7.31. The average molecular weight is 413 g/mol. The fourth-order valence-electron chi connectivity index (χ4n) is 4.02. The molecule has 29 heavy (non-hydrogen) atoms. The highest BCUT2D eigenvalue weighted by molar-refractivity contribution is 7.51. The number of likely N-dealkylation sites (tertiary alicyclic amines) is 1. The number of amides is 1. The second kappa shape index (κ2) is 8.21. The molecule has 0 N–H and O–H groups in total. The summed E-state index contributed by atoms with van der Waals surface area (Å²) in [5.74, 6) is 1.47. The molecule has 3 aliphatic heterocycles. The van der Waals surface area contributed by atoms with Gasteiger partial charge in [-0.15, -0.1) is 0 Å². The number of carbonyl (C=O) groups is 1. The van der Waals surface area contributed by atoms with Gasteiger partial charge in [0.05, 0.1) is 25.7 Å². The van der Waals surface area contributed by atoms with E-state index in [2.05, 4.69) is 36.0 Å². The highest BCUT2D eigenvalue weighted by Gasteiger charge is 2.31. The molecule has 0 aliphatic carbocycles. The molecule has 1 fully saturated rings. The normalized spacial score (nSPS) is 24.7. The number of methoxy groups -OCH3 is 2. The van der Waals surface area contributed by atoms with Gasteiger partial charge in [0.25, 0.3) is 5.91 Å². The van der Waals surface area contributed by atoms with Crippen LogP contribution >= 0.6 is 8.58 Å². The Balaban J connectivity index is 1.54. The monoisotopic (exact) mass is 413 g/mol. The van der Waals surface area contributed by atoms with Crippen LogP contribution in [-0.4, -0.2) is 73.8 Å². The molecule has 0 saturated carbocycles. The standard InChI is InChI=1S/C22H28N3O3P/c1-23(2)16-9-10-24(13-16)17-6-8-22-25(14-17)21(26)12-20(29-22)15-5-7-18(27-3)19(11-15)28-4/h5-8,11-12,14,16,22,29H,9-10,13H2,1-4H3/t16-,22?/m0/s1. The zero-order valence-electron chi connectivity index (χ0n) is 17.4. The summed E-state index contributed by atoms with van der Waals surface area (Å²) in [6.45, 7) is 2.03. The van der Waals surface area contributed by atoms with Crippen molar-refractivity contribution in [2.75, 3.05) is 41.4 Å². The van der Waals surface area contributed by atoms with Crippen LogP contribution in [0.1, 0.15) is 12.0 Å². The van der Waals surface area contributed by atoms with Crippen LogP contribution in [0.25, 0.3) is 5.31 Å². The van der Waals surface area contributed by atoms with Crippen molar-refractivity contribution >= 4 is 19.8 Å². The molecule has 4 rings (SSSR count). The first-order valence-electron chi connectivity index (χ1n) is 9.84. The molecule has 6 nitrogen and oxygen atoms in total. The lowest BCUT2D eigenvalue weighted by Gasteiger charge is -2.35. The van der Waals surface area contributed by atoms with Gasteiger partial charge in [-0.25, -0.2) is 0 Å². The van der Waals surface area contributed by atoms with E-state index in [-0.39, 0.29) is 11.7 Å². The second-order valence-corrected chi connectivity index (χ2v) is 9.15. The minimum absolute atomic E-state index is 0.0312. The van der Waals surface area contributed by atoms with Crippen molar-refractivity contribution in [2.45, 2.75) is 18.2 Å². The van der Waals surface area contributed by atoms with E-state index in [1.165, 1.54) is 0 Å². The molecular weight excluding hydrogens is 385 g/mol. The van der Waals surface area contributed by atoms with E-state index in [1.54, 1.807) is 20.3 Å². The fourth-order valence-corrected chi connectivity index (χ4v) is 5.40. The van der Waals surface area contributed by atoms with E-state index in [1.807, 2.05) is 29.3 Å². The highest BCUT2D eigenvalue weighted by Crippen LogP contribution is 2.46.